The highest BCUT2D eigenvalue weighted by Gasteiger charge is 2.57. The maximum atomic E-state index is 11.2. The van der Waals surface area contributed by atoms with Crippen molar-refractivity contribution in [1.82, 2.24) is 0 Å². The lowest BCUT2D eigenvalue weighted by Gasteiger charge is -2.49. The van der Waals surface area contributed by atoms with Gasteiger partial charge in [-0.2, -0.15) is 0 Å². The predicted octanol–water partition coefficient (Wildman–Crippen LogP) is -12.4. The van der Waals surface area contributed by atoms with Crippen molar-refractivity contribution in [2.75, 3.05) is 46.8 Å². The van der Waals surface area contributed by atoms with E-state index >= 15 is 0 Å². The first-order chi connectivity index (χ1) is 31.9. The molecular weight excluding hydrogens is 924 g/mol. The Morgan fingerprint density at radius 2 is 0.552 bits per heavy atom. The molecule has 6 aliphatic heterocycles. The topological polar surface area (TPSA) is 475 Å². The second-order valence-corrected chi connectivity index (χ2v) is 16.9. The van der Waals surface area contributed by atoms with E-state index in [0.717, 1.165) is 0 Å². The summed E-state index contributed by atoms with van der Waals surface area (Å²) in [6.07, 6.45) is -51.5. The second-order valence-electron chi connectivity index (χ2n) is 16.9. The van der Waals surface area contributed by atoms with Gasteiger partial charge in [0.05, 0.1) is 51.8 Å². The molecule has 0 saturated carbocycles. The molecule has 6 heterocycles. The Bertz CT molecular complexity index is 1480. The molecule has 0 unspecified atom stereocenters. The summed E-state index contributed by atoms with van der Waals surface area (Å²) < 4.78 is 66.4. The van der Waals surface area contributed by atoms with Crippen LogP contribution in [0.1, 0.15) is 6.42 Å². The van der Waals surface area contributed by atoms with E-state index in [1.807, 2.05) is 0 Å². The molecule has 0 radical (unpaired) electrons. The first-order valence-electron chi connectivity index (χ1n) is 21.4. The Morgan fingerprint density at radius 3 is 0.791 bits per heavy atom. The first-order valence-corrected chi connectivity index (χ1v) is 21.4. The normalized spacial score (nSPS) is 52.3. The summed E-state index contributed by atoms with van der Waals surface area (Å²) >= 11 is 0. The zero-order chi connectivity index (χ0) is 49.2. The summed E-state index contributed by atoms with van der Waals surface area (Å²) in [5.74, 6) is 0. The lowest BCUT2D eigenvalue weighted by molar-refractivity contribution is -0.395. The zero-order valence-electron chi connectivity index (χ0n) is 35.6. The highest BCUT2D eigenvalue weighted by Crippen LogP contribution is 2.36. The molecular formula is C37H64O30. The van der Waals surface area contributed by atoms with Gasteiger partial charge in [0.1, 0.15) is 128 Å². The third-order valence-electron chi connectivity index (χ3n) is 12.5. The van der Waals surface area contributed by atoms with Crippen molar-refractivity contribution in [2.24, 2.45) is 0 Å². The number of hydrogen-bond donors (Lipinski definition) is 18. The van der Waals surface area contributed by atoms with E-state index in [-0.39, 0.29) is 6.42 Å². The van der Waals surface area contributed by atoms with Gasteiger partial charge in [-0.25, -0.2) is 0 Å². The van der Waals surface area contributed by atoms with Crippen LogP contribution in [-0.4, -0.2) is 317 Å². The Balaban J connectivity index is 1.07. The van der Waals surface area contributed by atoms with Crippen molar-refractivity contribution >= 4 is 0 Å². The zero-order valence-corrected chi connectivity index (χ0v) is 35.6. The van der Waals surface area contributed by atoms with Gasteiger partial charge in [-0.3, -0.25) is 0 Å². The SMILES string of the molecule is CO[C@H]1O[C@H](CO)[C@@H](O[C@H]2O[C@H](CO)[C@@H](O[C@H]3O[C@H](CO)[C@@H](O[C@H]4O[C@H](CO)[C@@H](O[C@H]5O[C@H](CO)[C@@H](O[C@H]6O[C@H](CO)C[C@@H](O)[C@@H]6O)[C@@H](O)[C@@H]5O)[C@@H](O)[C@@H]4O)[C@@H](O)[C@@H]3O)[C@@H](O)[C@@H]2O)[C@@H](O)[C@@H]1O. The maximum Gasteiger partial charge on any atom is 0.187 e. The third-order valence-corrected chi connectivity index (χ3v) is 12.5. The number of aliphatic hydroxyl groups excluding tert-OH is 18. The van der Waals surface area contributed by atoms with Crippen LogP contribution in [0.5, 0.6) is 0 Å². The molecule has 0 aromatic carbocycles. The molecule has 67 heavy (non-hydrogen) atoms. The predicted molar refractivity (Wildman–Crippen MR) is 203 cm³/mol. The largest absolute Gasteiger partial charge is 0.394 e. The summed E-state index contributed by atoms with van der Waals surface area (Å²) in [5.41, 5.74) is 0. The molecule has 0 aromatic rings. The summed E-state index contributed by atoms with van der Waals surface area (Å²) in [7, 11) is 1.17. The molecule has 6 fully saturated rings. The van der Waals surface area contributed by atoms with Crippen LogP contribution in [0.25, 0.3) is 0 Å². The minimum atomic E-state index is -2.15. The molecule has 0 spiro atoms. The summed E-state index contributed by atoms with van der Waals surface area (Å²) in [6.45, 7) is -5.18. The van der Waals surface area contributed by atoms with E-state index in [4.69, 9.17) is 56.8 Å². The average Bonchev–Trinajstić information content (AvgIpc) is 3.32. The van der Waals surface area contributed by atoms with Crippen molar-refractivity contribution in [3.63, 3.8) is 0 Å². The number of hydrogen-bond acceptors (Lipinski definition) is 30. The highest BCUT2D eigenvalue weighted by molar-refractivity contribution is 4.99. The lowest BCUT2D eigenvalue weighted by atomic mass is 9.95. The highest BCUT2D eigenvalue weighted by atomic mass is 16.8. The first kappa shape index (κ1) is 55.1. The fourth-order valence-electron chi connectivity index (χ4n) is 8.67. The van der Waals surface area contributed by atoms with E-state index in [1.165, 1.54) is 7.11 Å². The van der Waals surface area contributed by atoms with Crippen LogP contribution in [0, 0.1) is 0 Å². The Labute approximate surface area is 380 Å². The van der Waals surface area contributed by atoms with Gasteiger partial charge in [0, 0.05) is 13.5 Å². The number of rotatable bonds is 17. The molecule has 6 rings (SSSR count). The van der Waals surface area contributed by atoms with E-state index in [9.17, 15) is 91.9 Å². The van der Waals surface area contributed by atoms with E-state index < -0.39 is 218 Å². The molecule has 392 valence electrons. The van der Waals surface area contributed by atoms with E-state index in [2.05, 4.69) is 0 Å². The van der Waals surface area contributed by atoms with Crippen molar-refractivity contribution in [3.8, 4) is 0 Å². The molecule has 0 aromatic heterocycles. The number of aliphatic hydroxyl groups is 18. The molecule has 0 bridgehead atoms. The monoisotopic (exact) mass is 988 g/mol. The van der Waals surface area contributed by atoms with Gasteiger partial charge in [-0.15, -0.1) is 0 Å². The van der Waals surface area contributed by atoms with Gasteiger partial charge in [0.15, 0.2) is 37.7 Å². The van der Waals surface area contributed by atoms with Gasteiger partial charge in [0.2, 0.25) is 0 Å². The van der Waals surface area contributed by atoms with E-state index in [0.29, 0.717) is 0 Å². The van der Waals surface area contributed by atoms with E-state index in [1.54, 1.807) is 0 Å². The van der Waals surface area contributed by atoms with Gasteiger partial charge in [-0.05, 0) is 0 Å². The Morgan fingerprint density at radius 1 is 0.313 bits per heavy atom. The van der Waals surface area contributed by atoms with Crippen LogP contribution in [0.15, 0.2) is 0 Å². The smallest absolute Gasteiger partial charge is 0.187 e. The third kappa shape index (κ3) is 11.5. The van der Waals surface area contributed by atoms with Crippen LogP contribution in [0.2, 0.25) is 0 Å². The van der Waals surface area contributed by atoms with Crippen molar-refractivity contribution in [2.45, 2.75) is 185 Å². The Hall–Kier alpha value is -1.20. The van der Waals surface area contributed by atoms with Crippen LogP contribution in [0.4, 0.5) is 0 Å². The van der Waals surface area contributed by atoms with Crippen molar-refractivity contribution < 1.29 is 149 Å². The second kappa shape index (κ2) is 24.0. The van der Waals surface area contributed by atoms with Gasteiger partial charge >= 0.3 is 0 Å². The molecule has 0 amide bonds. The maximum absolute atomic E-state index is 11.2. The molecule has 30 heteroatoms. The van der Waals surface area contributed by atoms with Crippen LogP contribution in [0.3, 0.4) is 0 Å². The fourth-order valence-corrected chi connectivity index (χ4v) is 8.67. The quantitative estimate of drug-likeness (QED) is 0.0643. The van der Waals surface area contributed by atoms with Crippen LogP contribution >= 0.6 is 0 Å². The average molecular weight is 989 g/mol. The molecule has 0 aliphatic carbocycles. The van der Waals surface area contributed by atoms with Crippen LogP contribution in [-0.2, 0) is 56.8 Å². The summed E-state index contributed by atoms with van der Waals surface area (Å²) in [5, 5.41) is 190. The summed E-state index contributed by atoms with van der Waals surface area (Å²) in [6, 6.07) is 0. The minimum Gasteiger partial charge on any atom is -0.394 e. The number of ether oxygens (including phenoxy) is 12. The fraction of sp³-hybridized carbons (Fsp3) is 1.00. The standard InChI is InChI=1S/C37H64O30/c1-56-32-22(51)17(46)27(11(4-39)58-32)64-34-24(53)19(48)29(13(6-41)60-34)66-36-26(55)21(50)31(15(8-43)62-36)67-37-25(54)20(49)30(14(7-42)61-37)65-35-23(52)18(47)28(12(5-40)59-35)63-33-16(45)10(44)2-9(3-38)57-33/h9-55H,2-8H2,1H3/t9-,10+,11+,12+,13+,14+,15+,16-,17-,18-,19-,20-,21-,22-,23-,24-,25-,26-,27+,28+,29+,30+,31+,32-,33+,34+,35+,36+,37+/m0/s1. The number of methoxy groups -OCH3 is 1. The minimum absolute atomic E-state index is 0.154. The van der Waals surface area contributed by atoms with Gasteiger partial charge in [-0.1, -0.05) is 0 Å². The van der Waals surface area contributed by atoms with Crippen LogP contribution < -0.4 is 0 Å². The summed E-state index contributed by atoms with van der Waals surface area (Å²) in [4.78, 5) is 0. The molecule has 29 atom stereocenters. The molecule has 30 nitrogen and oxygen atoms in total. The Kier molecular flexibility index (Phi) is 19.8. The molecule has 6 aliphatic rings. The van der Waals surface area contributed by atoms with Gasteiger partial charge in [0.25, 0.3) is 0 Å². The van der Waals surface area contributed by atoms with Gasteiger partial charge < -0.3 is 149 Å². The molecule has 18 N–H and O–H groups in total. The van der Waals surface area contributed by atoms with Crippen molar-refractivity contribution in [3.05, 3.63) is 0 Å². The van der Waals surface area contributed by atoms with Crippen molar-refractivity contribution in [1.29, 1.82) is 0 Å². The molecule has 6 saturated heterocycles. The lowest BCUT2D eigenvalue weighted by Crippen LogP contribution is -2.68.